The lowest BCUT2D eigenvalue weighted by atomic mass is 10.1. The van der Waals surface area contributed by atoms with Gasteiger partial charge < -0.3 is 9.72 Å². The van der Waals surface area contributed by atoms with E-state index in [1.54, 1.807) is 18.2 Å². The third-order valence-electron chi connectivity index (χ3n) is 3.30. The van der Waals surface area contributed by atoms with E-state index in [4.69, 9.17) is 0 Å². The molecule has 6 heteroatoms. The van der Waals surface area contributed by atoms with Gasteiger partial charge in [-0.25, -0.2) is 14.2 Å². The van der Waals surface area contributed by atoms with E-state index < -0.39 is 22.8 Å². The van der Waals surface area contributed by atoms with Crippen molar-refractivity contribution >= 4 is 16.9 Å². The predicted molar refractivity (Wildman–Crippen MR) is 74.9 cm³/mol. The molecule has 20 heavy (non-hydrogen) atoms. The molecule has 0 unspecified atom stereocenters. The summed E-state index contributed by atoms with van der Waals surface area (Å²) in [6.07, 6.45) is 0. The maximum atomic E-state index is 12.5. The molecule has 0 saturated heterocycles. The number of nitrogens with one attached hydrogen (secondary N) is 1. The van der Waals surface area contributed by atoms with Crippen LogP contribution in [-0.4, -0.2) is 22.6 Å². The number of hydrogen-bond acceptors (Lipinski definition) is 4. The van der Waals surface area contributed by atoms with Crippen molar-refractivity contribution in [1.29, 1.82) is 0 Å². The van der Waals surface area contributed by atoms with Crippen LogP contribution in [0.2, 0.25) is 0 Å². The summed E-state index contributed by atoms with van der Waals surface area (Å²) in [6, 6.07) is 5.15. The first-order valence-electron chi connectivity index (χ1n) is 6.13. The Labute approximate surface area is 115 Å². The number of aromatic amines is 1. The molecule has 0 atom stereocenters. The molecule has 106 valence electrons. The third kappa shape index (κ3) is 2.03. The van der Waals surface area contributed by atoms with Crippen molar-refractivity contribution in [2.45, 2.75) is 26.3 Å². The molecule has 1 N–H and O–H groups in total. The van der Waals surface area contributed by atoms with Crippen molar-refractivity contribution in [3.05, 3.63) is 44.6 Å². The van der Waals surface area contributed by atoms with Gasteiger partial charge in [-0.2, -0.15) is 0 Å². The zero-order valence-corrected chi connectivity index (χ0v) is 11.8. The van der Waals surface area contributed by atoms with Crippen molar-refractivity contribution in [2.24, 2.45) is 0 Å². The highest BCUT2D eigenvalue weighted by Gasteiger charge is 2.34. The molecule has 6 nitrogen and oxygen atoms in total. The second kappa shape index (κ2) is 4.63. The van der Waals surface area contributed by atoms with Crippen LogP contribution >= 0.6 is 0 Å². The number of ether oxygens (including phenoxy) is 1. The number of aryl methyl sites for hydroxylation is 1. The Bertz CT molecular complexity index is 799. The van der Waals surface area contributed by atoms with Gasteiger partial charge in [0.05, 0.1) is 18.0 Å². The van der Waals surface area contributed by atoms with Crippen LogP contribution in [0.4, 0.5) is 0 Å². The molecule has 1 aromatic carbocycles. The average Bonchev–Trinajstić information content (AvgIpc) is 2.38. The van der Waals surface area contributed by atoms with Crippen LogP contribution < -0.4 is 11.2 Å². The molecule has 0 aliphatic carbocycles. The smallest absolute Gasteiger partial charge is 0.331 e. The lowest BCUT2D eigenvalue weighted by Gasteiger charge is -2.23. The zero-order valence-electron chi connectivity index (χ0n) is 11.8. The Hall–Kier alpha value is -2.37. The van der Waals surface area contributed by atoms with E-state index in [0.29, 0.717) is 10.9 Å². The van der Waals surface area contributed by atoms with Gasteiger partial charge >= 0.3 is 11.7 Å². The zero-order chi connectivity index (χ0) is 15.1. The number of aromatic nitrogens is 2. The summed E-state index contributed by atoms with van der Waals surface area (Å²) in [5.41, 5.74) is -1.19. The molecule has 0 fully saturated rings. The number of carbonyl (C=O) groups excluding carboxylic acids is 1. The first-order valence-corrected chi connectivity index (χ1v) is 6.13. The molecule has 0 bridgehead atoms. The summed E-state index contributed by atoms with van der Waals surface area (Å²) >= 11 is 0. The van der Waals surface area contributed by atoms with Crippen LogP contribution in [0.5, 0.6) is 0 Å². The van der Waals surface area contributed by atoms with Crippen molar-refractivity contribution in [3.63, 3.8) is 0 Å². The highest BCUT2D eigenvalue weighted by Crippen LogP contribution is 2.14. The van der Waals surface area contributed by atoms with Crippen LogP contribution in [0.3, 0.4) is 0 Å². The number of hydrogen-bond donors (Lipinski definition) is 1. The summed E-state index contributed by atoms with van der Waals surface area (Å²) in [5, 5.41) is 0.363. The second-order valence-corrected chi connectivity index (χ2v) is 5.17. The van der Waals surface area contributed by atoms with Crippen LogP contribution in [0, 0.1) is 6.92 Å². The molecule has 0 saturated carbocycles. The van der Waals surface area contributed by atoms with Gasteiger partial charge in [-0.3, -0.25) is 4.79 Å². The van der Waals surface area contributed by atoms with E-state index >= 15 is 0 Å². The minimum Gasteiger partial charge on any atom is -0.467 e. The Morgan fingerprint density at radius 2 is 1.95 bits per heavy atom. The highest BCUT2D eigenvalue weighted by molar-refractivity contribution is 5.80. The van der Waals surface area contributed by atoms with Gasteiger partial charge in [-0.15, -0.1) is 0 Å². The molecular weight excluding hydrogens is 260 g/mol. The maximum Gasteiger partial charge on any atom is 0.331 e. The van der Waals surface area contributed by atoms with Crippen molar-refractivity contribution < 1.29 is 9.53 Å². The Balaban J connectivity index is 2.88. The Morgan fingerprint density at radius 3 is 2.55 bits per heavy atom. The van der Waals surface area contributed by atoms with E-state index in [2.05, 4.69) is 9.72 Å². The molecule has 0 amide bonds. The standard InChI is InChI=1S/C14H16N2O4/c1-8-5-6-10-9(7-8)11(17)16(13(19)15-10)14(2,3)12(18)20-4/h5-7H,1-4H3,(H,15,19). The van der Waals surface area contributed by atoms with Crippen LogP contribution in [-0.2, 0) is 15.1 Å². The van der Waals surface area contributed by atoms with Gasteiger partial charge in [0.25, 0.3) is 5.56 Å². The predicted octanol–water partition coefficient (Wildman–Crippen LogP) is 0.906. The van der Waals surface area contributed by atoms with Crippen molar-refractivity contribution in [2.75, 3.05) is 7.11 Å². The molecule has 0 aliphatic heterocycles. The Morgan fingerprint density at radius 1 is 1.30 bits per heavy atom. The minimum atomic E-state index is -1.38. The summed E-state index contributed by atoms with van der Waals surface area (Å²) in [4.78, 5) is 39.0. The number of esters is 1. The topological polar surface area (TPSA) is 81.2 Å². The van der Waals surface area contributed by atoms with Gasteiger partial charge in [0.1, 0.15) is 5.54 Å². The normalized spacial score (nSPS) is 11.6. The second-order valence-electron chi connectivity index (χ2n) is 5.17. The number of fused-ring (bicyclic) bond motifs is 1. The fraction of sp³-hybridized carbons (Fsp3) is 0.357. The van der Waals surface area contributed by atoms with Gasteiger partial charge in [0, 0.05) is 0 Å². The fourth-order valence-electron chi connectivity index (χ4n) is 2.18. The van der Waals surface area contributed by atoms with Crippen molar-refractivity contribution in [3.8, 4) is 0 Å². The van der Waals surface area contributed by atoms with Gasteiger partial charge in [0.15, 0.2) is 0 Å². The highest BCUT2D eigenvalue weighted by atomic mass is 16.5. The van der Waals surface area contributed by atoms with Crippen LogP contribution in [0.1, 0.15) is 19.4 Å². The number of rotatable bonds is 2. The summed E-state index contributed by atoms with van der Waals surface area (Å²) in [6.45, 7) is 4.79. The van der Waals surface area contributed by atoms with E-state index in [1.165, 1.54) is 21.0 Å². The minimum absolute atomic E-state index is 0.363. The van der Waals surface area contributed by atoms with Gasteiger partial charge in [0.2, 0.25) is 0 Å². The molecular formula is C14H16N2O4. The third-order valence-corrected chi connectivity index (χ3v) is 3.30. The van der Waals surface area contributed by atoms with Gasteiger partial charge in [-0.05, 0) is 32.9 Å². The Kier molecular flexibility index (Phi) is 3.25. The van der Waals surface area contributed by atoms with E-state index in [-0.39, 0.29) is 0 Å². The quantitative estimate of drug-likeness (QED) is 0.826. The molecule has 2 aromatic rings. The summed E-state index contributed by atoms with van der Waals surface area (Å²) < 4.78 is 5.55. The van der Waals surface area contributed by atoms with Crippen LogP contribution in [0.15, 0.2) is 27.8 Å². The first kappa shape index (κ1) is 14.0. The van der Waals surface area contributed by atoms with Crippen molar-refractivity contribution in [1.82, 2.24) is 9.55 Å². The molecule has 0 spiro atoms. The number of methoxy groups -OCH3 is 1. The lowest BCUT2D eigenvalue weighted by Crippen LogP contribution is -2.51. The lowest BCUT2D eigenvalue weighted by molar-refractivity contribution is -0.149. The number of benzene rings is 1. The largest absolute Gasteiger partial charge is 0.467 e. The van der Waals surface area contributed by atoms with Gasteiger partial charge in [-0.1, -0.05) is 11.6 Å². The number of H-pyrrole nitrogens is 1. The summed E-state index contributed by atoms with van der Waals surface area (Å²) in [5.74, 6) is -0.655. The maximum absolute atomic E-state index is 12.5. The fourth-order valence-corrected chi connectivity index (χ4v) is 2.18. The monoisotopic (exact) mass is 276 g/mol. The molecule has 1 heterocycles. The van der Waals surface area contributed by atoms with E-state index in [1.807, 2.05) is 6.92 Å². The summed E-state index contributed by atoms with van der Waals surface area (Å²) in [7, 11) is 1.22. The average molecular weight is 276 g/mol. The molecule has 2 rings (SSSR count). The molecule has 0 radical (unpaired) electrons. The van der Waals surface area contributed by atoms with Crippen LogP contribution in [0.25, 0.3) is 10.9 Å². The van der Waals surface area contributed by atoms with E-state index in [9.17, 15) is 14.4 Å². The number of nitrogens with zero attached hydrogens (tertiary/aromatic N) is 1. The SMILES string of the molecule is COC(=O)C(C)(C)n1c(=O)[nH]c2ccc(C)cc2c1=O. The number of carbonyl (C=O) groups is 1. The molecule has 0 aliphatic rings. The molecule has 1 aromatic heterocycles. The van der Waals surface area contributed by atoms with E-state index in [0.717, 1.165) is 10.1 Å². The first-order chi connectivity index (χ1) is 9.28.